The number of anilines is 2. The highest BCUT2D eigenvalue weighted by Crippen LogP contribution is 2.57. The predicted octanol–water partition coefficient (Wildman–Crippen LogP) is 8.10. The molecule has 2 aliphatic carbocycles. The second kappa shape index (κ2) is 15.6. The Bertz CT molecular complexity index is 2250. The fourth-order valence-corrected chi connectivity index (χ4v) is 11.0. The van der Waals surface area contributed by atoms with Crippen molar-refractivity contribution in [1.82, 2.24) is 40.0 Å². The van der Waals surface area contributed by atoms with Crippen molar-refractivity contribution in [1.29, 1.82) is 0 Å². The Morgan fingerprint density at radius 3 is 1.40 bits per heavy atom. The van der Waals surface area contributed by atoms with Gasteiger partial charge in [-0.3, -0.25) is 0 Å². The Hall–Kier alpha value is -3.92. The minimum atomic E-state index is -0.515. The molecule has 10 rings (SSSR count). The fourth-order valence-electron chi connectivity index (χ4n) is 9.77. The van der Waals surface area contributed by atoms with E-state index in [1.165, 1.54) is 22.3 Å². The lowest BCUT2D eigenvalue weighted by Gasteiger charge is -2.26. The molecule has 2 saturated carbocycles. The number of hydrogen-bond donors (Lipinski definition) is 2. The van der Waals surface area contributed by atoms with Gasteiger partial charge in [0.2, 0.25) is 0 Å². The average Bonchev–Trinajstić information content (AvgIpc) is 4.07. The molecule has 2 N–H and O–H groups in total. The number of rotatable bonds is 6. The number of hydrogen-bond acceptors (Lipinski definition) is 10. The van der Waals surface area contributed by atoms with E-state index in [0.29, 0.717) is 22.9 Å². The largest absolute Gasteiger partial charge is 0.391 e. The molecule has 2 aromatic carbocycles. The first-order chi connectivity index (χ1) is 27.9. The topological polar surface area (TPSA) is 134 Å². The van der Waals surface area contributed by atoms with Crippen molar-refractivity contribution in [2.24, 2.45) is 0 Å². The predicted molar refractivity (Wildman–Crippen MR) is 230 cm³/mol. The van der Waals surface area contributed by atoms with Gasteiger partial charge in [0.15, 0.2) is 0 Å². The zero-order chi connectivity index (χ0) is 40.3. The summed E-state index contributed by atoms with van der Waals surface area (Å²) in [6.07, 6.45) is 12.1. The molecule has 2 spiro atoms. The number of benzene rings is 2. The standard InChI is InChI=1S/2C21H21BrClN5O/c2*1-13-2-4-14(5-3-13)11-27-12-21(18-19(23)15(22)10-24-20(18)27)8-16(17(29)9-21)28-7-6-25-26-28/h2*2-7,10,16-17,29H,8-9,11-12H2,1H3/t2*16-,17-,21+/m10/s1. The van der Waals surface area contributed by atoms with Gasteiger partial charge in [0, 0.05) is 72.9 Å². The first kappa shape index (κ1) is 39.5. The number of aromatic nitrogens is 8. The quantitative estimate of drug-likeness (QED) is 0.169. The third kappa shape index (κ3) is 7.13. The maximum Gasteiger partial charge on any atom is 0.134 e. The molecule has 16 heteroatoms. The molecular formula is C42H42Br2Cl2N10O2. The van der Waals surface area contributed by atoms with Gasteiger partial charge in [-0.05, 0) is 82.5 Å². The van der Waals surface area contributed by atoms with Crippen LogP contribution in [0.15, 0.2) is 94.7 Å². The molecule has 0 unspecified atom stereocenters. The molecule has 0 amide bonds. The second-order valence-corrected chi connectivity index (χ2v) is 18.8. The third-order valence-electron chi connectivity index (χ3n) is 12.4. The van der Waals surface area contributed by atoms with Crippen molar-refractivity contribution < 1.29 is 10.2 Å². The number of aryl methyl sites for hydroxylation is 2. The van der Waals surface area contributed by atoms with Crippen LogP contribution in [-0.4, -0.2) is 75.5 Å². The first-order valence-corrected chi connectivity index (χ1v) is 21.7. The van der Waals surface area contributed by atoms with Gasteiger partial charge in [0.05, 0.1) is 55.7 Å². The lowest BCUT2D eigenvalue weighted by Crippen LogP contribution is -2.32. The van der Waals surface area contributed by atoms with Gasteiger partial charge in [-0.15, -0.1) is 10.2 Å². The molecule has 4 aromatic heterocycles. The Morgan fingerprint density at radius 1 is 0.638 bits per heavy atom. The number of halogens is 4. The minimum Gasteiger partial charge on any atom is -0.391 e. The van der Waals surface area contributed by atoms with E-state index in [0.717, 1.165) is 70.7 Å². The fraction of sp³-hybridized carbons (Fsp3) is 0.381. The van der Waals surface area contributed by atoms with Crippen molar-refractivity contribution >= 4 is 66.7 Å². The molecule has 300 valence electrons. The van der Waals surface area contributed by atoms with Gasteiger partial charge in [-0.1, -0.05) is 93.3 Å². The molecule has 2 aliphatic heterocycles. The van der Waals surface area contributed by atoms with Crippen molar-refractivity contribution in [3.63, 3.8) is 0 Å². The van der Waals surface area contributed by atoms with Crippen molar-refractivity contribution in [2.75, 3.05) is 22.9 Å². The maximum absolute atomic E-state index is 10.9. The molecule has 2 fully saturated rings. The summed E-state index contributed by atoms with van der Waals surface area (Å²) in [7, 11) is 0. The molecule has 6 aromatic rings. The van der Waals surface area contributed by atoms with Crippen LogP contribution < -0.4 is 9.80 Å². The van der Waals surface area contributed by atoms with E-state index in [4.69, 9.17) is 33.2 Å². The molecule has 58 heavy (non-hydrogen) atoms. The molecule has 0 radical (unpaired) electrons. The van der Waals surface area contributed by atoms with Crippen LogP contribution in [0.1, 0.15) is 71.1 Å². The van der Waals surface area contributed by atoms with Gasteiger partial charge in [-0.25, -0.2) is 19.3 Å². The van der Waals surface area contributed by atoms with Crippen molar-refractivity contribution in [3.05, 3.63) is 138 Å². The number of fused-ring (bicyclic) bond motifs is 4. The van der Waals surface area contributed by atoms with Gasteiger partial charge in [-0.2, -0.15) is 0 Å². The van der Waals surface area contributed by atoms with Crippen LogP contribution >= 0.6 is 55.1 Å². The van der Waals surface area contributed by atoms with Crippen LogP contribution in [0, 0.1) is 13.8 Å². The smallest absolute Gasteiger partial charge is 0.134 e. The van der Waals surface area contributed by atoms with Crippen LogP contribution in [0.2, 0.25) is 10.0 Å². The average molecular weight is 950 g/mol. The van der Waals surface area contributed by atoms with Gasteiger partial charge in [0.25, 0.3) is 0 Å². The summed E-state index contributed by atoms with van der Waals surface area (Å²) in [4.78, 5) is 14.0. The normalized spacial score (nSPS) is 25.7. The summed E-state index contributed by atoms with van der Waals surface area (Å²) >= 11 is 20.7. The second-order valence-electron chi connectivity index (χ2n) is 16.3. The van der Waals surface area contributed by atoms with Crippen molar-refractivity contribution in [2.45, 2.75) is 87.7 Å². The maximum atomic E-state index is 10.9. The highest BCUT2D eigenvalue weighted by Gasteiger charge is 2.55. The zero-order valence-corrected chi connectivity index (χ0v) is 36.6. The van der Waals surface area contributed by atoms with Crippen molar-refractivity contribution in [3.8, 4) is 0 Å². The van der Waals surface area contributed by atoms with E-state index in [1.807, 2.05) is 12.4 Å². The molecule has 0 bridgehead atoms. The van der Waals surface area contributed by atoms with Crippen LogP contribution in [0.3, 0.4) is 0 Å². The molecule has 12 nitrogen and oxygen atoms in total. The molecule has 6 atom stereocenters. The number of nitrogens with zero attached hydrogens (tertiary/aromatic N) is 10. The summed E-state index contributed by atoms with van der Waals surface area (Å²) in [6.45, 7) is 7.22. The van der Waals surface area contributed by atoms with Gasteiger partial charge >= 0.3 is 0 Å². The first-order valence-electron chi connectivity index (χ1n) is 19.3. The molecule has 4 aliphatic rings. The highest BCUT2D eigenvalue weighted by molar-refractivity contribution is 9.10. The minimum absolute atomic E-state index is 0.125. The Balaban J connectivity index is 0.000000150. The van der Waals surface area contributed by atoms with Gasteiger partial charge in [0.1, 0.15) is 11.6 Å². The Labute approximate surface area is 363 Å². The summed E-state index contributed by atoms with van der Waals surface area (Å²) in [6, 6.07) is 16.9. The van der Waals surface area contributed by atoms with E-state index in [-0.39, 0.29) is 22.9 Å². The molecular weight excluding hydrogens is 907 g/mol. The van der Waals surface area contributed by atoms with Crippen LogP contribution in [0.25, 0.3) is 0 Å². The number of pyridine rings is 2. The monoisotopic (exact) mass is 946 g/mol. The summed E-state index contributed by atoms with van der Waals surface area (Å²) in [5.74, 6) is 1.82. The Morgan fingerprint density at radius 2 is 1.03 bits per heavy atom. The highest BCUT2D eigenvalue weighted by atomic mass is 79.9. The van der Waals surface area contributed by atoms with E-state index in [2.05, 4.69) is 125 Å². The third-order valence-corrected chi connectivity index (χ3v) is 14.8. The summed E-state index contributed by atoms with van der Waals surface area (Å²) in [5.41, 5.74) is 6.45. The Kier molecular flexibility index (Phi) is 10.6. The summed E-state index contributed by atoms with van der Waals surface area (Å²) < 4.78 is 5.10. The lowest BCUT2D eigenvalue weighted by molar-refractivity contribution is 0.127. The van der Waals surface area contributed by atoms with Crippen LogP contribution in [0.4, 0.5) is 11.6 Å². The van der Waals surface area contributed by atoms with E-state index < -0.39 is 12.2 Å². The molecule has 0 saturated heterocycles. The summed E-state index contributed by atoms with van der Waals surface area (Å²) in [5, 5.41) is 39.3. The van der Waals surface area contributed by atoms with E-state index in [1.54, 1.807) is 34.2 Å². The van der Waals surface area contributed by atoms with Gasteiger partial charge < -0.3 is 20.0 Å². The lowest BCUT2D eigenvalue weighted by atomic mass is 9.81. The zero-order valence-electron chi connectivity index (χ0n) is 31.9. The van der Waals surface area contributed by atoms with Crippen LogP contribution in [0.5, 0.6) is 0 Å². The van der Waals surface area contributed by atoms with E-state index >= 15 is 0 Å². The number of aliphatic hydroxyl groups is 2. The number of aliphatic hydroxyl groups excluding tert-OH is 2. The SMILES string of the molecule is Cc1ccc(CN2C[C@@]3(C[C@H](O)[C@@H](n4ccnn4)C3)c3c2ncc(Br)c3Cl)cc1.Cc1ccc(CN2C[C@]3(C[C@@H](O)[C@H](n4ccnn4)C3)c3c2ncc(Br)c3Cl)cc1. The van der Waals surface area contributed by atoms with Crippen LogP contribution in [-0.2, 0) is 23.9 Å². The van der Waals surface area contributed by atoms with E-state index in [9.17, 15) is 10.2 Å². The molecule has 6 heterocycles.